The van der Waals surface area contributed by atoms with Crippen molar-refractivity contribution in [2.24, 2.45) is 79.3 Å². The first-order valence-corrected chi connectivity index (χ1v) is 22.9. The predicted octanol–water partition coefficient (Wildman–Crippen LogP) is 10.7. The number of carboxylic acids is 1. The molecule has 1 saturated heterocycles. The number of nitrogens with zero attached hydrogens (tertiary/aromatic N) is 1. The highest BCUT2D eigenvalue weighted by Gasteiger charge is 2.72. The van der Waals surface area contributed by atoms with Gasteiger partial charge in [0, 0.05) is 36.3 Å². The standard InChI is InChI=1S/C49H77NO6/c1-30(2)32-17-22-49(37(51)28-31-27-34(44(31,5)6)41(53)50-25-13-12-14-26-50)24-23-47(10)33(40(32)49)15-16-36-46(9)20-19-38(56-39(52)29-43(3,4)42(54)55)45(7,8)35(46)18-21-48(36,47)11/h31-36,38,40H,1,12-29H2,2-11H3,(H,54,55)/t31-,32+,33-,34+,35+,36-,38+,40-,46+,47-,48-,49-/m1/s1. The minimum atomic E-state index is -1.15. The minimum absolute atomic E-state index is 0.0380. The number of ether oxygens (including phenoxy) is 1. The number of aliphatic carboxylic acids is 1. The lowest BCUT2D eigenvalue weighted by atomic mass is 9.32. The molecule has 0 aromatic heterocycles. The maximum atomic E-state index is 15.1. The average Bonchev–Trinajstić information content (AvgIpc) is 3.53. The van der Waals surface area contributed by atoms with Gasteiger partial charge in [-0.25, -0.2) is 0 Å². The largest absolute Gasteiger partial charge is 0.481 e. The van der Waals surface area contributed by atoms with E-state index < -0.39 is 17.4 Å². The highest BCUT2D eigenvalue weighted by molar-refractivity contribution is 5.87. The van der Waals surface area contributed by atoms with E-state index in [1.54, 1.807) is 13.8 Å². The van der Waals surface area contributed by atoms with Crippen LogP contribution in [0.3, 0.4) is 0 Å². The average molecular weight is 776 g/mol. The first kappa shape index (κ1) is 42.0. The molecule has 0 aromatic carbocycles. The SMILES string of the molecule is C=C(C)[C@@H]1CC[C@]2(C(=O)C[C@H]3C[C@@H](C(=O)N4CCCCC4)C3(C)C)CC[C@]3(C)[C@H](CC[C@@H]4[C@@]5(C)CC[C@H](OC(=O)CC(C)(C)C(=O)O)C(C)(C)[C@@H]5CC[C@]43C)[C@@H]12. The first-order valence-electron chi connectivity index (χ1n) is 22.9. The normalized spacial score (nSPS) is 43.9. The molecule has 6 aliphatic carbocycles. The maximum Gasteiger partial charge on any atom is 0.309 e. The Hall–Kier alpha value is -2.18. The van der Waals surface area contributed by atoms with Gasteiger partial charge in [-0.15, -0.1) is 0 Å². The van der Waals surface area contributed by atoms with Crippen molar-refractivity contribution in [2.45, 2.75) is 178 Å². The third kappa shape index (κ3) is 6.12. The molecule has 7 fully saturated rings. The topological polar surface area (TPSA) is 101 Å². The number of piperidine rings is 1. The van der Waals surface area contributed by atoms with Crippen molar-refractivity contribution in [3.05, 3.63) is 12.2 Å². The van der Waals surface area contributed by atoms with Gasteiger partial charge in [0.15, 0.2) is 0 Å². The Labute approximate surface area is 339 Å². The van der Waals surface area contributed by atoms with Crippen molar-refractivity contribution in [1.29, 1.82) is 0 Å². The molecule has 0 unspecified atom stereocenters. The van der Waals surface area contributed by atoms with Gasteiger partial charge in [0.1, 0.15) is 11.9 Å². The quantitative estimate of drug-likeness (QED) is 0.185. The summed E-state index contributed by atoms with van der Waals surface area (Å²) in [5.74, 6) is 1.92. The summed E-state index contributed by atoms with van der Waals surface area (Å²) in [5, 5.41) is 9.65. The molecule has 7 aliphatic rings. The van der Waals surface area contributed by atoms with Crippen LogP contribution in [0.15, 0.2) is 12.2 Å². The van der Waals surface area contributed by atoms with Crippen LogP contribution in [0, 0.1) is 79.3 Å². The number of amides is 1. The van der Waals surface area contributed by atoms with Gasteiger partial charge in [-0.1, -0.05) is 60.6 Å². The zero-order valence-electron chi connectivity index (χ0n) is 37.0. The Balaban J connectivity index is 1.10. The van der Waals surface area contributed by atoms with Crippen molar-refractivity contribution in [3.63, 3.8) is 0 Å². The Kier molecular flexibility index (Phi) is 10.5. The molecule has 0 radical (unpaired) electrons. The van der Waals surface area contributed by atoms with E-state index in [4.69, 9.17) is 4.74 Å². The van der Waals surface area contributed by atoms with Gasteiger partial charge < -0.3 is 14.7 Å². The van der Waals surface area contributed by atoms with E-state index in [2.05, 4.69) is 66.9 Å². The molecule has 0 bridgehead atoms. The number of rotatable bonds is 9. The number of fused-ring (bicyclic) bond motifs is 7. The zero-order valence-corrected chi connectivity index (χ0v) is 37.0. The maximum absolute atomic E-state index is 15.1. The second-order valence-corrected chi connectivity index (χ2v) is 23.4. The smallest absolute Gasteiger partial charge is 0.309 e. The number of carboxylic acid groups (broad SMARTS) is 1. The second-order valence-electron chi connectivity index (χ2n) is 23.4. The molecule has 12 atom stereocenters. The Bertz CT molecular complexity index is 1620. The summed E-state index contributed by atoms with van der Waals surface area (Å²) in [6, 6.07) is 0. The van der Waals surface area contributed by atoms with Crippen molar-refractivity contribution in [2.75, 3.05) is 13.1 Å². The summed E-state index contributed by atoms with van der Waals surface area (Å²) in [4.78, 5) is 55.8. The Morgan fingerprint density at radius 1 is 0.786 bits per heavy atom. The lowest BCUT2D eigenvalue weighted by Gasteiger charge is -2.73. The predicted molar refractivity (Wildman–Crippen MR) is 220 cm³/mol. The summed E-state index contributed by atoms with van der Waals surface area (Å²) in [5.41, 5.74) is -0.170. The lowest BCUT2D eigenvalue weighted by molar-refractivity contribution is -0.249. The van der Waals surface area contributed by atoms with Crippen molar-refractivity contribution in [1.82, 2.24) is 4.90 Å². The summed E-state index contributed by atoms with van der Waals surface area (Å²) in [6.07, 6.45) is 15.1. The molecule has 6 saturated carbocycles. The molecule has 56 heavy (non-hydrogen) atoms. The molecule has 0 spiro atoms. The zero-order chi connectivity index (χ0) is 41.0. The van der Waals surface area contributed by atoms with E-state index in [0.29, 0.717) is 47.7 Å². The molecule has 1 heterocycles. The van der Waals surface area contributed by atoms with Crippen molar-refractivity contribution >= 4 is 23.6 Å². The highest BCUT2D eigenvalue weighted by atomic mass is 16.5. The van der Waals surface area contributed by atoms with Crippen molar-refractivity contribution < 1.29 is 29.0 Å². The Morgan fingerprint density at radius 2 is 1.46 bits per heavy atom. The monoisotopic (exact) mass is 776 g/mol. The van der Waals surface area contributed by atoms with Gasteiger partial charge in [-0.3, -0.25) is 19.2 Å². The lowest BCUT2D eigenvalue weighted by Crippen LogP contribution is -2.67. The number of hydrogen-bond donors (Lipinski definition) is 1. The molecule has 1 amide bonds. The number of Topliss-reactive ketones (excluding diaryl/α,β-unsaturated/α-hetero) is 1. The molecule has 7 heteroatoms. The van der Waals surface area contributed by atoms with Crippen LogP contribution in [0.1, 0.15) is 172 Å². The van der Waals surface area contributed by atoms with Crippen LogP contribution in [0.2, 0.25) is 0 Å². The van der Waals surface area contributed by atoms with Gasteiger partial charge in [-0.2, -0.15) is 0 Å². The molecular formula is C49H77NO6. The van der Waals surface area contributed by atoms with Crippen LogP contribution in [-0.4, -0.2) is 52.8 Å². The van der Waals surface area contributed by atoms with E-state index >= 15 is 4.79 Å². The van der Waals surface area contributed by atoms with E-state index in [0.717, 1.165) is 90.1 Å². The van der Waals surface area contributed by atoms with E-state index in [1.165, 1.54) is 18.4 Å². The van der Waals surface area contributed by atoms with Gasteiger partial charge in [0.25, 0.3) is 0 Å². The summed E-state index contributed by atoms with van der Waals surface area (Å²) >= 11 is 0. The Morgan fingerprint density at radius 3 is 2.09 bits per heavy atom. The number of likely N-dealkylation sites (tertiary alicyclic amines) is 1. The fourth-order valence-corrected chi connectivity index (χ4v) is 16.0. The molecule has 314 valence electrons. The van der Waals surface area contributed by atoms with E-state index in [-0.39, 0.29) is 56.9 Å². The summed E-state index contributed by atoms with van der Waals surface area (Å²) < 4.78 is 6.20. The van der Waals surface area contributed by atoms with Crippen molar-refractivity contribution in [3.8, 4) is 0 Å². The van der Waals surface area contributed by atoms with Crippen LogP contribution in [0.25, 0.3) is 0 Å². The van der Waals surface area contributed by atoms with Gasteiger partial charge in [-0.05, 0) is 168 Å². The van der Waals surface area contributed by atoms with Crippen LogP contribution < -0.4 is 0 Å². The fourth-order valence-electron chi connectivity index (χ4n) is 16.0. The summed E-state index contributed by atoms with van der Waals surface area (Å²) in [6.45, 7) is 28.7. The van der Waals surface area contributed by atoms with Crippen LogP contribution in [-0.2, 0) is 23.9 Å². The van der Waals surface area contributed by atoms with E-state index in [1.807, 2.05) is 0 Å². The fraction of sp³-hybridized carbons (Fsp3) is 0.878. The molecule has 1 aliphatic heterocycles. The third-order valence-corrected chi connectivity index (χ3v) is 19.9. The number of hydrogen-bond acceptors (Lipinski definition) is 5. The number of carbonyl (C=O) groups excluding carboxylic acids is 3. The first-order chi connectivity index (χ1) is 26.0. The van der Waals surface area contributed by atoms with Gasteiger partial charge in [0.05, 0.1) is 11.8 Å². The summed E-state index contributed by atoms with van der Waals surface area (Å²) in [7, 11) is 0. The number of ketones is 1. The molecule has 0 aromatic rings. The second kappa shape index (κ2) is 14.0. The van der Waals surface area contributed by atoms with Gasteiger partial charge >= 0.3 is 11.9 Å². The van der Waals surface area contributed by atoms with E-state index in [9.17, 15) is 19.5 Å². The van der Waals surface area contributed by atoms with Gasteiger partial charge in [0.2, 0.25) is 5.91 Å². The molecular weight excluding hydrogens is 699 g/mol. The minimum Gasteiger partial charge on any atom is -0.481 e. The number of carbonyl (C=O) groups is 4. The third-order valence-electron chi connectivity index (χ3n) is 19.9. The molecule has 7 nitrogen and oxygen atoms in total. The number of allylic oxidation sites excluding steroid dienone is 1. The van der Waals surface area contributed by atoms with Crippen LogP contribution in [0.4, 0.5) is 0 Å². The molecule has 1 N–H and O–H groups in total. The number of esters is 1. The van der Waals surface area contributed by atoms with Crippen LogP contribution >= 0.6 is 0 Å². The highest BCUT2D eigenvalue weighted by Crippen LogP contribution is 2.78. The molecule has 7 rings (SSSR count). The van der Waals surface area contributed by atoms with Crippen LogP contribution in [0.5, 0.6) is 0 Å².